The minimum absolute atomic E-state index is 0.150. The number of ether oxygens (including phenoxy) is 2. The van der Waals surface area contributed by atoms with Gasteiger partial charge in [0, 0.05) is 25.2 Å². The number of aromatic nitrogens is 1. The van der Waals surface area contributed by atoms with Crippen LogP contribution in [-0.4, -0.2) is 66.4 Å². The Bertz CT molecular complexity index is 923. The molecule has 1 aromatic heterocycles. The highest BCUT2D eigenvalue weighted by molar-refractivity contribution is 5.97. The summed E-state index contributed by atoms with van der Waals surface area (Å²) in [6.07, 6.45) is 10.2. The number of nitrogens with two attached hydrogens (primary N) is 1. The van der Waals surface area contributed by atoms with Gasteiger partial charge >= 0.3 is 0 Å². The Balaban J connectivity index is 0.000000747. The molecule has 9 nitrogen and oxygen atoms in total. The number of aliphatic imine (C=N–C) groups is 2. The van der Waals surface area contributed by atoms with Gasteiger partial charge in [0.15, 0.2) is 12.2 Å². The minimum atomic E-state index is -0.168. The predicted octanol–water partition coefficient (Wildman–Crippen LogP) is 5.63. The highest BCUT2D eigenvalue weighted by atomic mass is 16.5. The molecule has 1 aromatic rings. The van der Waals surface area contributed by atoms with Gasteiger partial charge in [0.1, 0.15) is 25.2 Å². The topological polar surface area (TPSA) is 109 Å². The zero-order valence-corrected chi connectivity index (χ0v) is 26.4. The molecule has 4 N–H and O–H groups in total. The van der Waals surface area contributed by atoms with Crippen LogP contribution in [-0.2, 0) is 4.74 Å². The van der Waals surface area contributed by atoms with E-state index in [0.717, 1.165) is 25.9 Å². The van der Waals surface area contributed by atoms with Gasteiger partial charge in [-0.05, 0) is 59.7 Å². The van der Waals surface area contributed by atoms with E-state index in [2.05, 4.69) is 89.9 Å². The summed E-state index contributed by atoms with van der Waals surface area (Å²) >= 11 is 0. The van der Waals surface area contributed by atoms with Gasteiger partial charge in [-0.3, -0.25) is 10.2 Å². The number of nitrogens with zero attached hydrogens (tertiary/aromatic N) is 4. The van der Waals surface area contributed by atoms with Gasteiger partial charge in [-0.25, -0.2) is 15.0 Å². The SMILES string of the molecule is C=C1NC(NC(C)/C=C\C(C)=C/C)N=C1N.CC.CCCN(CCC)C(C)/N=C(\C)OCCOc1ccccn1. The van der Waals surface area contributed by atoms with E-state index < -0.39 is 0 Å². The standard InChI is InChI=1S/C17H29N3O2.C12H20N4.C2H6/c1-5-11-20(12-6-2)15(3)19-16(4)21-13-14-22-17-9-7-8-10-18-17;1-5-8(2)6-7-9(3)14-12-15-10(4)11(13)16-12;1-2/h7-10,15H,5-6,11-14H2,1-4H3;5-7,9,12,14-15H,4H2,1-3H3,(H2,13,16);1-2H3/b19-16+;7-6-,8-5-;. The first-order valence-electron chi connectivity index (χ1n) is 14.5. The van der Waals surface area contributed by atoms with E-state index >= 15 is 0 Å². The molecule has 2 heterocycles. The molecule has 1 aliphatic heterocycles. The Morgan fingerprint density at radius 1 is 1.20 bits per heavy atom. The van der Waals surface area contributed by atoms with Crippen molar-refractivity contribution in [3.05, 3.63) is 60.5 Å². The fraction of sp³-hybridized carbons (Fsp3) is 0.581. The molecule has 40 heavy (non-hydrogen) atoms. The fourth-order valence-electron chi connectivity index (χ4n) is 3.47. The highest BCUT2D eigenvalue weighted by Gasteiger charge is 2.17. The molecular formula is C31H55N7O2. The van der Waals surface area contributed by atoms with Crippen LogP contribution in [0, 0.1) is 0 Å². The Hall–Kier alpha value is -3.17. The second-order valence-electron chi connectivity index (χ2n) is 9.07. The van der Waals surface area contributed by atoms with Crippen molar-refractivity contribution in [1.82, 2.24) is 20.5 Å². The number of allylic oxidation sites excluding steroid dienone is 3. The lowest BCUT2D eigenvalue weighted by atomic mass is 10.2. The molecular weight excluding hydrogens is 502 g/mol. The van der Waals surface area contributed by atoms with Gasteiger partial charge in [-0.2, -0.15) is 0 Å². The molecule has 0 radical (unpaired) electrons. The first-order valence-corrected chi connectivity index (χ1v) is 14.5. The predicted molar refractivity (Wildman–Crippen MR) is 171 cm³/mol. The lowest BCUT2D eigenvalue weighted by Crippen LogP contribution is -2.41. The average molecular weight is 558 g/mol. The Morgan fingerprint density at radius 2 is 1.88 bits per heavy atom. The van der Waals surface area contributed by atoms with Gasteiger partial charge in [0.25, 0.3) is 0 Å². The van der Waals surface area contributed by atoms with Crippen molar-refractivity contribution in [2.24, 2.45) is 15.7 Å². The second-order valence-corrected chi connectivity index (χ2v) is 9.07. The summed E-state index contributed by atoms with van der Waals surface area (Å²) in [6.45, 7) is 25.4. The monoisotopic (exact) mass is 557 g/mol. The van der Waals surface area contributed by atoms with E-state index in [0.29, 0.717) is 36.5 Å². The third-order valence-electron chi connectivity index (χ3n) is 5.61. The van der Waals surface area contributed by atoms with Crippen LogP contribution in [0.5, 0.6) is 5.88 Å². The average Bonchev–Trinajstić information content (AvgIpc) is 3.27. The Kier molecular flexibility index (Phi) is 20.8. The molecule has 1 aliphatic rings. The van der Waals surface area contributed by atoms with E-state index in [9.17, 15) is 0 Å². The maximum atomic E-state index is 5.61. The summed E-state index contributed by atoms with van der Waals surface area (Å²) in [7, 11) is 0. The molecule has 0 aromatic carbocycles. The summed E-state index contributed by atoms with van der Waals surface area (Å²) in [5.41, 5.74) is 7.52. The van der Waals surface area contributed by atoms with Gasteiger partial charge in [-0.15, -0.1) is 0 Å². The lowest BCUT2D eigenvalue weighted by Gasteiger charge is -2.25. The molecule has 0 aliphatic carbocycles. The zero-order chi connectivity index (χ0) is 30.3. The van der Waals surface area contributed by atoms with E-state index in [1.807, 2.05) is 45.9 Å². The second kappa shape index (κ2) is 22.6. The smallest absolute Gasteiger partial charge is 0.213 e. The third kappa shape index (κ3) is 16.7. The maximum absolute atomic E-state index is 5.61. The number of nitrogens with one attached hydrogen (secondary N) is 2. The minimum Gasteiger partial charge on any atom is -0.478 e. The van der Waals surface area contributed by atoms with E-state index in [4.69, 9.17) is 15.2 Å². The Morgan fingerprint density at radius 3 is 2.40 bits per heavy atom. The summed E-state index contributed by atoms with van der Waals surface area (Å²) in [4.78, 5) is 15.3. The van der Waals surface area contributed by atoms with Crippen LogP contribution in [0.2, 0.25) is 0 Å². The van der Waals surface area contributed by atoms with Crippen molar-refractivity contribution >= 4 is 11.7 Å². The molecule has 0 fully saturated rings. The van der Waals surface area contributed by atoms with Gasteiger partial charge in [0.05, 0.1) is 5.70 Å². The summed E-state index contributed by atoms with van der Waals surface area (Å²) in [5.74, 6) is 1.79. The van der Waals surface area contributed by atoms with Crippen LogP contribution < -0.4 is 21.1 Å². The largest absolute Gasteiger partial charge is 0.478 e. The highest BCUT2D eigenvalue weighted by Crippen LogP contribution is 2.06. The van der Waals surface area contributed by atoms with E-state index in [1.54, 1.807) is 6.20 Å². The molecule has 3 unspecified atom stereocenters. The fourth-order valence-corrected chi connectivity index (χ4v) is 3.47. The van der Waals surface area contributed by atoms with E-state index in [1.165, 1.54) is 5.57 Å². The first kappa shape index (κ1) is 36.8. The van der Waals surface area contributed by atoms with Gasteiger partial charge in [-0.1, -0.05) is 64.1 Å². The molecule has 0 amide bonds. The summed E-state index contributed by atoms with van der Waals surface area (Å²) < 4.78 is 11.1. The lowest BCUT2D eigenvalue weighted by molar-refractivity contribution is 0.189. The number of rotatable bonds is 14. The quantitative estimate of drug-likeness (QED) is 0.118. The molecule has 2 rings (SSSR count). The number of hydrogen-bond acceptors (Lipinski definition) is 9. The number of hydrogen-bond donors (Lipinski definition) is 3. The molecule has 3 atom stereocenters. The van der Waals surface area contributed by atoms with Crippen LogP contribution in [0.25, 0.3) is 0 Å². The molecule has 0 saturated carbocycles. The van der Waals surface area contributed by atoms with Crippen LogP contribution in [0.15, 0.2) is 70.5 Å². The summed E-state index contributed by atoms with van der Waals surface area (Å²) in [5, 5.41) is 6.32. The van der Waals surface area contributed by atoms with Crippen molar-refractivity contribution in [2.45, 2.75) is 93.7 Å². The van der Waals surface area contributed by atoms with Crippen LogP contribution in [0.4, 0.5) is 0 Å². The maximum Gasteiger partial charge on any atom is 0.213 e. The number of amidine groups is 1. The normalized spacial score (nSPS) is 16.8. The van der Waals surface area contributed by atoms with Crippen LogP contribution >= 0.6 is 0 Å². The number of pyridine rings is 1. The summed E-state index contributed by atoms with van der Waals surface area (Å²) in [6, 6.07) is 5.80. The van der Waals surface area contributed by atoms with Crippen molar-refractivity contribution in [3.63, 3.8) is 0 Å². The van der Waals surface area contributed by atoms with Crippen molar-refractivity contribution in [2.75, 3.05) is 26.3 Å². The third-order valence-corrected chi connectivity index (χ3v) is 5.61. The molecule has 0 spiro atoms. The van der Waals surface area contributed by atoms with Gasteiger partial charge < -0.3 is 20.5 Å². The zero-order valence-electron chi connectivity index (χ0n) is 26.4. The van der Waals surface area contributed by atoms with Gasteiger partial charge in [0.2, 0.25) is 5.88 Å². The molecule has 0 bridgehead atoms. The molecule has 9 heteroatoms. The van der Waals surface area contributed by atoms with E-state index in [-0.39, 0.29) is 18.5 Å². The Labute approximate surface area is 243 Å². The molecule has 226 valence electrons. The van der Waals surface area contributed by atoms with Crippen LogP contribution in [0.3, 0.4) is 0 Å². The molecule has 0 saturated heterocycles. The van der Waals surface area contributed by atoms with Crippen LogP contribution in [0.1, 0.15) is 75.2 Å². The van der Waals surface area contributed by atoms with Crippen molar-refractivity contribution in [1.29, 1.82) is 0 Å². The van der Waals surface area contributed by atoms with Crippen molar-refractivity contribution in [3.8, 4) is 5.88 Å². The first-order chi connectivity index (χ1) is 19.2. The van der Waals surface area contributed by atoms with Crippen molar-refractivity contribution < 1.29 is 9.47 Å².